The number of allylic oxidation sites excluding steroid dienone is 2. The first kappa shape index (κ1) is 31.7. The van der Waals surface area contributed by atoms with E-state index >= 15 is 0 Å². The first-order valence-corrected chi connectivity index (χ1v) is 18.6. The summed E-state index contributed by atoms with van der Waals surface area (Å²) in [6.07, 6.45) is 12.6. The molecule has 5 aliphatic rings. The Balaban J connectivity index is 1.20. The van der Waals surface area contributed by atoms with Crippen LogP contribution in [0.5, 0.6) is 0 Å². The average molecular weight is 597 g/mol. The van der Waals surface area contributed by atoms with E-state index < -0.39 is 29.9 Å². The second-order valence-corrected chi connectivity index (χ2v) is 17.7. The number of ether oxygens (including phenoxy) is 1. The Kier molecular flexibility index (Phi) is 10.0. The fourth-order valence-electron chi connectivity index (χ4n) is 10.0. The second-order valence-electron chi connectivity index (χ2n) is 15.0. The summed E-state index contributed by atoms with van der Waals surface area (Å²) < 4.78 is 5.74. The quantitative estimate of drug-likeness (QED) is 0.177. The number of hydrogen-bond donors (Lipinski definition) is 4. The van der Waals surface area contributed by atoms with Gasteiger partial charge in [-0.3, -0.25) is 0 Å². The highest BCUT2D eigenvalue weighted by Gasteiger charge is 2.59. The molecule has 0 aromatic rings. The van der Waals surface area contributed by atoms with E-state index in [2.05, 4.69) is 40.7 Å². The summed E-state index contributed by atoms with van der Waals surface area (Å²) in [6, 6.07) is 0. The van der Waals surface area contributed by atoms with Crippen molar-refractivity contribution in [1.82, 2.24) is 0 Å². The summed E-state index contributed by atoms with van der Waals surface area (Å²) in [5.41, 5.74) is 1.84. The average Bonchev–Trinajstić information content (AvgIpc) is 3.28. The third-order valence-corrected chi connectivity index (χ3v) is 15.5. The largest absolute Gasteiger partial charge is 0.394 e. The molecule has 5 nitrogen and oxygen atoms in total. The summed E-state index contributed by atoms with van der Waals surface area (Å²) >= 11 is 0. The highest BCUT2D eigenvalue weighted by atomic mass is 33.1. The highest BCUT2D eigenvalue weighted by Crippen LogP contribution is 2.67. The van der Waals surface area contributed by atoms with Gasteiger partial charge in [0.25, 0.3) is 0 Å². The maximum Gasteiger partial charge on any atom is 0.142 e. The van der Waals surface area contributed by atoms with Gasteiger partial charge < -0.3 is 25.2 Å². The lowest BCUT2D eigenvalue weighted by molar-refractivity contribution is -0.205. The maximum atomic E-state index is 10.5. The molecule has 4 N–H and O–H groups in total. The van der Waals surface area contributed by atoms with Crippen LogP contribution in [0.2, 0.25) is 0 Å². The Hall–Kier alpha value is 0.240. The molecule has 0 bridgehead atoms. The van der Waals surface area contributed by atoms with Crippen LogP contribution in [-0.4, -0.2) is 62.1 Å². The Morgan fingerprint density at radius 2 is 1.70 bits per heavy atom. The molecule has 13 atom stereocenters. The minimum atomic E-state index is -1.30. The van der Waals surface area contributed by atoms with E-state index in [1.807, 2.05) is 0 Å². The zero-order valence-electron chi connectivity index (χ0n) is 25.5. The minimum Gasteiger partial charge on any atom is -0.394 e. The predicted octanol–water partition coefficient (Wildman–Crippen LogP) is 6.58. The smallest absolute Gasteiger partial charge is 0.142 e. The first-order valence-electron chi connectivity index (χ1n) is 16.3. The predicted molar refractivity (Wildman–Crippen MR) is 166 cm³/mol. The molecule has 0 aromatic heterocycles. The summed E-state index contributed by atoms with van der Waals surface area (Å²) in [6.45, 7) is 12.2. The number of fused-ring (bicyclic) bond motifs is 5. The van der Waals surface area contributed by atoms with Crippen LogP contribution in [-0.2, 0) is 4.74 Å². The van der Waals surface area contributed by atoms with Crippen molar-refractivity contribution < 1.29 is 25.2 Å². The molecule has 0 amide bonds. The van der Waals surface area contributed by atoms with Crippen molar-refractivity contribution in [1.29, 1.82) is 0 Å². The Morgan fingerprint density at radius 3 is 2.42 bits per heavy atom. The second kappa shape index (κ2) is 12.7. The Morgan fingerprint density at radius 1 is 0.925 bits per heavy atom. The molecule has 1 saturated heterocycles. The van der Waals surface area contributed by atoms with Gasteiger partial charge in [-0.25, -0.2) is 0 Å². The monoisotopic (exact) mass is 596 g/mol. The topological polar surface area (TPSA) is 90.2 Å². The summed E-state index contributed by atoms with van der Waals surface area (Å²) in [7, 11) is 3.20. The molecular formula is C33H56O5S2. The molecule has 1 heterocycles. The SMILES string of the molecule is CC(C)CCC[C@@H](C)C1CCC2[C@@H]3CC=C4C[C@@H](SSC5OC(CO)[C@@H](O)[C@H](O)[C@H]5O)CC[C@]4(C)[C@H]3CC[C@]12C. The van der Waals surface area contributed by atoms with Crippen LogP contribution < -0.4 is 0 Å². The third-order valence-electron chi connectivity index (χ3n) is 12.4. The summed E-state index contributed by atoms with van der Waals surface area (Å²) in [4.78, 5) is 0. The van der Waals surface area contributed by atoms with Crippen molar-refractivity contribution in [2.24, 2.45) is 46.3 Å². The molecule has 1 aliphatic heterocycles. The van der Waals surface area contributed by atoms with Crippen molar-refractivity contribution in [3.8, 4) is 0 Å². The van der Waals surface area contributed by atoms with E-state index in [1.165, 1.54) is 68.6 Å². The van der Waals surface area contributed by atoms with Crippen LogP contribution in [0.4, 0.5) is 0 Å². The van der Waals surface area contributed by atoms with Crippen molar-refractivity contribution >= 4 is 21.6 Å². The van der Waals surface area contributed by atoms with Crippen LogP contribution >= 0.6 is 21.6 Å². The van der Waals surface area contributed by atoms with Crippen LogP contribution in [0.1, 0.15) is 105 Å². The molecule has 0 spiro atoms. The zero-order valence-corrected chi connectivity index (χ0v) is 27.1. The van der Waals surface area contributed by atoms with Crippen molar-refractivity contribution in [2.75, 3.05) is 6.61 Å². The number of rotatable bonds is 9. The van der Waals surface area contributed by atoms with E-state index in [0.29, 0.717) is 16.1 Å². The standard InChI is InChI=1S/C33H56O5S2/c1-19(2)7-6-8-20(3)24-11-12-25-23-10-9-21-17-22(13-15-32(21,4)26(23)14-16-33(24,25)5)39-40-31-30(37)29(36)28(35)27(18-34)38-31/h9,19-20,22-31,34-37H,6-8,10-18H2,1-5H3/t20-,22+,23+,24?,25?,26+,27?,28-,29+,30-,31?,32+,33-/m1/s1. The van der Waals surface area contributed by atoms with Gasteiger partial charge in [0, 0.05) is 5.25 Å². The summed E-state index contributed by atoms with van der Waals surface area (Å²) in [5, 5.41) is 40.7. The highest BCUT2D eigenvalue weighted by molar-refractivity contribution is 8.77. The van der Waals surface area contributed by atoms with Gasteiger partial charge in [0.1, 0.15) is 29.9 Å². The Labute approximate surface area is 251 Å². The molecule has 4 aliphatic carbocycles. The van der Waals surface area contributed by atoms with E-state index in [4.69, 9.17) is 4.74 Å². The third kappa shape index (κ3) is 5.85. The molecule has 0 radical (unpaired) electrons. The lowest BCUT2D eigenvalue weighted by Crippen LogP contribution is -2.57. The van der Waals surface area contributed by atoms with Crippen LogP contribution in [0.3, 0.4) is 0 Å². The molecule has 7 heteroatoms. The van der Waals surface area contributed by atoms with Gasteiger partial charge in [-0.15, -0.1) is 0 Å². The van der Waals surface area contributed by atoms with Gasteiger partial charge >= 0.3 is 0 Å². The fraction of sp³-hybridized carbons (Fsp3) is 0.939. The van der Waals surface area contributed by atoms with Gasteiger partial charge in [-0.05, 0) is 97.7 Å². The van der Waals surface area contributed by atoms with Crippen molar-refractivity contribution in [2.45, 2.75) is 140 Å². The molecule has 230 valence electrons. The number of aliphatic hydroxyl groups excluding tert-OH is 4. The van der Waals surface area contributed by atoms with E-state index in [9.17, 15) is 20.4 Å². The van der Waals surface area contributed by atoms with Crippen molar-refractivity contribution in [3.63, 3.8) is 0 Å². The molecular weight excluding hydrogens is 540 g/mol. The van der Waals surface area contributed by atoms with Gasteiger partial charge in [0.05, 0.1) is 6.61 Å². The number of aliphatic hydroxyl groups is 4. The van der Waals surface area contributed by atoms with Gasteiger partial charge in [-0.1, -0.05) is 87.1 Å². The molecule has 0 aromatic carbocycles. The molecule has 4 unspecified atom stereocenters. The molecule has 3 saturated carbocycles. The Bertz CT molecular complexity index is 896. The van der Waals surface area contributed by atoms with E-state index in [0.717, 1.165) is 48.3 Å². The first-order chi connectivity index (χ1) is 19.0. The lowest BCUT2D eigenvalue weighted by atomic mass is 9.47. The fourth-order valence-corrected chi connectivity index (χ4v) is 13.0. The van der Waals surface area contributed by atoms with Crippen molar-refractivity contribution in [3.05, 3.63) is 11.6 Å². The molecule has 5 rings (SSSR count). The zero-order chi connectivity index (χ0) is 28.8. The van der Waals surface area contributed by atoms with Gasteiger partial charge in [-0.2, -0.15) is 0 Å². The van der Waals surface area contributed by atoms with E-state index in [1.54, 1.807) is 16.4 Å². The minimum absolute atomic E-state index is 0.316. The lowest BCUT2D eigenvalue weighted by Gasteiger charge is -2.58. The summed E-state index contributed by atoms with van der Waals surface area (Å²) in [5.74, 6) is 5.10. The van der Waals surface area contributed by atoms with Crippen LogP contribution in [0.15, 0.2) is 11.6 Å². The van der Waals surface area contributed by atoms with Crippen LogP contribution in [0.25, 0.3) is 0 Å². The van der Waals surface area contributed by atoms with Gasteiger partial charge in [0.15, 0.2) is 0 Å². The van der Waals surface area contributed by atoms with Crippen LogP contribution in [0, 0.1) is 46.3 Å². The normalized spacial score (nSPS) is 47.8. The van der Waals surface area contributed by atoms with Gasteiger partial charge in [0.2, 0.25) is 0 Å². The van der Waals surface area contributed by atoms with E-state index in [-0.39, 0.29) is 6.61 Å². The molecule has 4 fully saturated rings. The maximum absolute atomic E-state index is 10.5. The number of hydrogen-bond acceptors (Lipinski definition) is 7. The molecule has 40 heavy (non-hydrogen) atoms.